The highest BCUT2D eigenvalue weighted by Gasteiger charge is 2.18. The molecule has 0 aromatic carbocycles. The van der Waals surface area contributed by atoms with E-state index in [1.165, 1.54) is 11.3 Å². The van der Waals surface area contributed by atoms with Crippen LogP contribution in [0.2, 0.25) is 0 Å². The number of fused-ring (bicyclic) bond motifs is 1. The van der Waals surface area contributed by atoms with Crippen molar-refractivity contribution in [2.45, 2.75) is 32.1 Å². The molecule has 0 saturated carbocycles. The second kappa shape index (κ2) is 5.68. The Morgan fingerprint density at radius 2 is 2.39 bits per heavy atom. The largest absolute Gasteiger partial charge is 0.359 e. The van der Waals surface area contributed by atoms with Gasteiger partial charge in [-0.05, 0) is 43.7 Å². The maximum absolute atomic E-state index is 9.24. The van der Waals surface area contributed by atoms with Gasteiger partial charge in [-0.25, -0.2) is 4.98 Å². The van der Waals surface area contributed by atoms with Crippen LogP contribution in [0.15, 0.2) is 18.7 Å². The molecule has 1 aromatic heterocycles. The predicted octanol–water partition coefficient (Wildman–Crippen LogP) is 2.84. The van der Waals surface area contributed by atoms with E-state index in [4.69, 9.17) is 0 Å². The number of aryl methyl sites for hydroxylation is 2. The van der Waals surface area contributed by atoms with Gasteiger partial charge in [0, 0.05) is 19.3 Å². The van der Waals surface area contributed by atoms with Gasteiger partial charge in [0.25, 0.3) is 0 Å². The standard InChI is InChI=1S/C15H19N3/c1-3-4-5-9-18(2)15-13(11-16)10-12-7-6-8-14(12)17-15/h3,10H,1,4-9H2,2H3. The Kier molecular flexibility index (Phi) is 3.99. The van der Waals surface area contributed by atoms with Crippen LogP contribution in [0, 0.1) is 11.3 Å². The number of rotatable bonds is 5. The third-order valence-electron chi connectivity index (χ3n) is 3.41. The second-order valence-corrected chi connectivity index (χ2v) is 4.78. The summed E-state index contributed by atoms with van der Waals surface area (Å²) in [6.45, 7) is 4.63. The molecule has 0 radical (unpaired) electrons. The van der Waals surface area contributed by atoms with Crippen molar-refractivity contribution in [2.75, 3.05) is 18.5 Å². The highest BCUT2D eigenvalue weighted by atomic mass is 15.2. The number of anilines is 1. The van der Waals surface area contributed by atoms with Gasteiger partial charge in [-0.1, -0.05) is 6.08 Å². The fourth-order valence-electron chi connectivity index (χ4n) is 2.41. The molecule has 0 fully saturated rings. The molecule has 0 bridgehead atoms. The molecule has 0 amide bonds. The van der Waals surface area contributed by atoms with E-state index in [1.807, 2.05) is 19.2 Å². The van der Waals surface area contributed by atoms with E-state index in [9.17, 15) is 5.26 Å². The molecular formula is C15H19N3. The number of hydrogen-bond donors (Lipinski definition) is 0. The van der Waals surface area contributed by atoms with Gasteiger partial charge in [-0.2, -0.15) is 5.26 Å². The van der Waals surface area contributed by atoms with Gasteiger partial charge in [0.1, 0.15) is 11.9 Å². The van der Waals surface area contributed by atoms with Crippen LogP contribution in [0.3, 0.4) is 0 Å². The molecule has 18 heavy (non-hydrogen) atoms. The fourth-order valence-corrected chi connectivity index (χ4v) is 2.41. The average Bonchev–Trinajstić information content (AvgIpc) is 2.84. The van der Waals surface area contributed by atoms with Crippen molar-refractivity contribution >= 4 is 5.82 Å². The molecule has 1 heterocycles. The number of allylic oxidation sites excluding steroid dienone is 1. The molecule has 0 spiro atoms. The van der Waals surface area contributed by atoms with Gasteiger partial charge in [0.05, 0.1) is 5.56 Å². The molecule has 1 aliphatic carbocycles. The van der Waals surface area contributed by atoms with E-state index in [2.05, 4.69) is 22.5 Å². The van der Waals surface area contributed by atoms with Crippen molar-refractivity contribution in [2.24, 2.45) is 0 Å². The molecule has 0 saturated heterocycles. The van der Waals surface area contributed by atoms with Gasteiger partial charge in [0.15, 0.2) is 0 Å². The van der Waals surface area contributed by atoms with E-state index >= 15 is 0 Å². The summed E-state index contributed by atoms with van der Waals surface area (Å²) >= 11 is 0. The first-order valence-corrected chi connectivity index (χ1v) is 6.51. The number of nitriles is 1. The van der Waals surface area contributed by atoms with Crippen molar-refractivity contribution in [3.8, 4) is 6.07 Å². The summed E-state index contributed by atoms with van der Waals surface area (Å²) < 4.78 is 0. The minimum absolute atomic E-state index is 0.705. The summed E-state index contributed by atoms with van der Waals surface area (Å²) in [4.78, 5) is 6.76. The monoisotopic (exact) mass is 241 g/mol. The molecule has 1 aliphatic rings. The summed E-state index contributed by atoms with van der Waals surface area (Å²) in [5.41, 5.74) is 3.14. The van der Waals surface area contributed by atoms with Gasteiger partial charge in [0.2, 0.25) is 0 Å². The zero-order valence-corrected chi connectivity index (χ0v) is 10.9. The molecule has 0 aliphatic heterocycles. The van der Waals surface area contributed by atoms with E-state index in [0.29, 0.717) is 5.56 Å². The van der Waals surface area contributed by atoms with Crippen molar-refractivity contribution in [3.05, 3.63) is 35.5 Å². The van der Waals surface area contributed by atoms with E-state index < -0.39 is 0 Å². The van der Waals surface area contributed by atoms with Crippen LogP contribution in [0.4, 0.5) is 5.82 Å². The number of unbranched alkanes of at least 4 members (excludes halogenated alkanes) is 1. The number of nitrogens with zero attached hydrogens (tertiary/aromatic N) is 3. The summed E-state index contributed by atoms with van der Waals surface area (Å²) in [5.74, 6) is 0.835. The summed E-state index contributed by atoms with van der Waals surface area (Å²) in [7, 11) is 2.01. The second-order valence-electron chi connectivity index (χ2n) is 4.78. The van der Waals surface area contributed by atoms with Crippen molar-refractivity contribution in [1.82, 2.24) is 4.98 Å². The smallest absolute Gasteiger partial charge is 0.146 e. The lowest BCUT2D eigenvalue weighted by atomic mass is 10.1. The normalized spacial score (nSPS) is 12.9. The minimum atomic E-state index is 0.705. The molecule has 3 nitrogen and oxygen atoms in total. The Balaban J connectivity index is 2.21. The first-order valence-electron chi connectivity index (χ1n) is 6.51. The topological polar surface area (TPSA) is 39.9 Å². The first kappa shape index (κ1) is 12.6. The Bertz CT molecular complexity index is 485. The van der Waals surface area contributed by atoms with Crippen LogP contribution < -0.4 is 4.90 Å². The molecule has 0 atom stereocenters. The maximum Gasteiger partial charge on any atom is 0.146 e. The van der Waals surface area contributed by atoms with Crippen LogP contribution in [-0.4, -0.2) is 18.6 Å². The van der Waals surface area contributed by atoms with Crippen molar-refractivity contribution in [1.29, 1.82) is 5.26 Å². The number of hydrogen-bond acceptors (Lipinski definition) is 3. The maximum atomic E-state index is 9.24. The van der Waals surface area contributed by atoms with Gasteiger partial charge in [-0.15, -0.1) is 6.58 Å². The summed E-state index contributed by atoms with van der Waals surface area (Å²) in [6, 6.07) is 4.29. The molecule has 0 unspecified atom stereocenters. The summed E-state index contributed by atoms with van der Waals surface area (Å²) in [5, 5.41) is 9.24. The molecule has 2 rings (SSSR count). The fraction of sp³-hybridized carbons (Fsp3) is 0.467. The lowest BCUT2D eigenvalue weighted by Crippen LogP contribution is -2.21. The predicted molar refractivity (Wildman–Crippen MR) is 73.7 cm³/mol. The highest BCUT2D eigenvalue weighted by molar-refractivity contribution is 5.56. The van der Waals surface area contributed by atoms with Crippen LogP contribution in [0.1, 0.15) is 36.1 Å². The SMILES string of the molecule is C=CCCCN(C)c1nc2c(cc1C#N)CCC2. The Morgan fingerprint density at radius 3 is 3.11 bits per heavy atom. The quantitative estimate of drug-likeness (QED) is 0.588. The summed E-state index contributed by atoms with van der Waals surface area (Å²) in [6.07, 6.45) is 7.25. The van der Waals surface area contributed by atoms with Gasteiger partial charge in [-0.3, -0.25) is 0 Å². The zero-order chi connectivity index (χ0) is 13.0. The van der Waals surface area contributed by atoms with Crippen LogP contribution in [0.25, 0.3) is 0 Å². The minimum Gasteiger partial charge on any atom is -0.359 e. The Morgan fingerprint density at radius 1 is 1.56 bits per heavy atom. The number of aromatic nitrogens is 1. The zero-order valence-electron chi connectivity index (χ0n) is 10.9. The van der Waals surface area contributed by atoms with E-state index in [-0.39, 0.29) is 0 Å². The van der Waals surface area contributed by atoms with Gasteiger partial charge >= 0.3 is 0 Å². The van der Waals surface area contributed by atoms with Crippen molar-refractivity contribution in [3.63, 3.8) is 0 Å². The Labute approximate surface area is 109 Å². The Hall–Kier alpha value is -1.82. The van der Waals surface area contributed by atoms with Crippen LogP contribution in [-0.2, 0) is 12.8 Å². The first-order chi connectivity index (χ1) is 8.76. The third-order valence-corrected chi connectivity index (χ3v) is 3.41. The third kappa shape index (κ3) is 2.53. The van der Waals surface area contributed by atoms with Crippen molar-refractivity contribution < 1.29 is 0 Å². The van der Waals surface area contributed by atoms with Crippen LogP contribution >= 0.6 is 0 Å². The van der Waals surface area contributed by atoms with E-state index in [1.54, 1.807) is 0 Å². The molecule has 94 valence electrons. The molecule has 1 aromatic rings. The highest BCUT2D eigenvalue weighted by Crippen LogP contribution is 2.26. The lowest BCUT2D eigenvalue weighted by molar-refractivity contribution is 0.787. The lowest BCUT2D eigenvalue weighted by Gasteiger charge is -2.20. The average molecular weight is 241 g/mol. The van der Waals surface area contributed by atoms with Gasteiger partial charge < -0.3 is 4.90 Å². The molecule has 0 N–H and O–H groups in total. The molecule has 3 heteroatoms. The number of pyridine rings is 1. The van der Waals surface area contributed by atoms with E-state index in [0.717, 1.165) is 44.5 Å². The van der Waals surface area contributed by atoms with Crippen LogP contribution in [0.5, 0.6) is 0 Å². The molecular weight excluding hydrogens is 222 g/mol.